The summed E-state index contributed by atoms with van der Waals surface area (Å²) in [5.74, 6) is 0.295. The summed E-state index contributed by atoms with van der Waals surface area (Å²) in [5, 5.41) is 8.91. The van der Waals surface area contributed by atoms with Crippen LogP contribution in [0.4, 0.5) is 10.1 Å². The number of halogens is 1. The van der Waals surface area contributed by atoms with Crippen molar-refractivity contribution in [3.8, 4) is 11.8 Å². The number of nitrogens with zero attached hydrogens (tertiary/aromatic N) is 3. The van der Waals surface area contributed by atoms with E-state index < -0.39 is 0 Å². The SMILES string of the molecule is CCOc1ccc(N(CCC#N)C(=O)CN(C)Cc2ccccc2F)cc1. The molecule has 0 radical (unpaired) electrons. The highest BCUT2D eigenvalue weighted by molar-refractivity contribution is 5.94. The lowest BCUT2D eigenvalue weighted by Gasteiger charge is -2.25. The van der Waals surface area contributed by atoms with Crippen LogP contribution in [0.2, 0.25) is 0 Å². The van der Waals surface area contributed by atoms with E-state index in [0.717, 1.165) is 5.75 Å². The number of carbonyl (C=O) groups is 1. The van der Waals surface area contributed by atoms with Crippen molar-refractivity contribution in [2.45, 2.75) is 19.9 Å². The molecule has 142 valence electrons. The first-order chi connectivity index (χ1) is 13.0. The molecule has 0 spiro atoms. The van der Waals surface area contributed by atoms with Crippen molar-refractivity contribution in [1.82, 2.24) is 4.90 Å². The van der Waals surface area contributed by atoms with Crippen LogP contribution in [0.3, 0.4) is 0 Å². The summed E-state index contributed by atoms with van der Waals surface area (Å²) in [6, 6.07) is 15.8. The Hall–Kier alpha value is -2.91. The lowest BCUT2D eigenvalue weighted by atomic mass is 10.2. The highest BCUT2D eigenvalue weighted by Crippen LogP contribution is 2.20. The van der Waals surface area contributed by atoms with E-state index in [9.17, 15) is 9.18 Å². The van der Waals surface area contributed by atoms with Crippen LogP contribution in [0.1, 0.15) is 18.9 Å². The molecule has 2 aromatic rings. The molecule has 27 heavy (non-hydrogen) atoms. The molecule has 2 aromatic carbocycles. The Balaban J connectivity index is 2.07. The molecule has 6 heteroatoms. The molecule has 0 N–H and O–H groups in total. The quantitative estimate of drug-likeness (QED) is 0.678. The number of anilines is 1. The average molecular weight is 369 g/mol. The van der Waals surface area contributed by atoms with Gasteiger partial charge in [-0.2, -0.15) is 5.26 Å². The van der Waals surface area contributed by atoms with Crippen LogP contribution in [0.15, 0.2) is 48.5 Å². The molecule has 2 rings (SSSR count). The maximum Gasteiger partial charge on any atom is 0.241 e. The molecule has 0 saturated carbocycles. The molecular weight excluding hydrogens is 345 g/mol. The number of ether oxygens (including phenoxy) is 1. The fourth-order valence-electron chi connectivity index (χ4n) is 2.74. The van der Waals surface area contributed by atoms with Gasteiger partial charge in [-0.05, 0) is 44.3 Å². The van der Waals surface area contributed by atoms with Gasteiger partial charge in [0.2, 0.25) is 5.91 Å². The van der Waals surface area contributed by atoms with Gasteiger partial charge in [0, 0.05) is 24.3 Å². The third-order valence-corrected chi connectivity index (χ3v) is 4.01. The van der Waals surface area contributed by atoms with Gasteiger partial charge in [-0.15, -0.1) is 0 Å². The van der Waals surface area contributed by atoms with Gasteiger partial charge >= 0.3 is 0 Å². The molecule has 5 nitrogen and oxygen atoms in total. The predicted octanol–water partition coefficient (Wildman–Crippen LogP) is 3.60. The molecule has 0 saturated heterocycles. The first-order valence-electron chi connectivity index (χ1n) is 8.87. The lowest BCUT2D eigenvalue weighted by molar-refractivity contribution is -0.119. The van der Waals surface area contributed by atoms with Crippen LogP contribution in [0.5, 0.6) is 5.75 Å². The summed E-state index contributed by atoms with van der Waals surface area (Å²) in [6.07, 6.45) is 0.232. The van der Waals surface area contributed by atoms with Crippen molar-refractivity contribution in [1.29, 1.82) is 5.26 Å². The first kappa shape index (κ1) is 20.4. The summed E-state index contributed by atoms with van der Waals surface area (Å²) < 4.78 is 19.2. The van der Waals surface area contributed by atoms with Gasteiger partial charge in [0.15, 0.2) is 0 Å². The maximum absolute atomic E-state index is 13.8. The third-order valence-electron chi connectivity index (χ3n) is 4.01. The van der Waals surface area contributed by atoms with Crippen LogP contribution >= 0.6 is 0 Å². The Bertz CT molecular complexity index is 787. The summed E-state index contributed by atoms with van der Waals surface area (Å²) in [6.45, 7) is 3.22. The number of likely N-dealkylation sites (N-methyl/N-ethyl adjacent to an activating group) is 1. The Morgan fingerprint density at radius 3 is 2.52 bits per heavy atom. The van der Waals surface area contributed by atoms with Crippen molar-refractivity contribution in [2.75, 3.05) is 31.6 Å². The van der Waals surface area contributed by atoms with Crippen LogP contribution in [0.25, 0.3) is 0 Å². The highest BCUT2D eigenvalue weighted by atomic mass is 19.1. The van der Waals surface area contributed by atoms with Crippen molar-refractivity contribution >= 4 is 11.6 Å². The molecule has 0 aliphatic rings. The van der Waals surface area contributed by atoms with E-state index in [-0.39, 0.29) is 24.7 Å². The van der Waals surface area contributed by atoms with Gasteiger partial charge in [-0.3, -0.25) is 9.69 Å². The van der Waals surface area contributed by atoms with E-state index in [0.29, 0.717) is 30.9 Å². The van der Waals surface area contributed by atoms with Gasteiger partial charge in [0.05, 0.1) is 25.6 Å². The fourth-order valence-corrected chi connectivity index (χ4v) is 2.74. The number of rotatable bonds is 9. The number of nitriles is 1. The van der Waals surface area contributed by atoms with Gasteiger partial charge in [0.1, 0.15) is 11.6 Å². The van der Waals surface area contributed by atoms with E-state index >= 15 is 0 Å². The summed E-state index contributed by atoms with van der Waals surface area (Å²) in [5.41, 5.74) is 1.25. The maximum atomic E-state index is 13.8. The van der Waals surface area contributed by atoms with Gasteiger partial charge in [-0.1, -0.05) is 18.2 Å². The molecule has 0 bridgehead atoms. The van der Waals surface area contributed by atoms with Crippen molar-refractivity contribution in [2.24, 2.45) is 0 Å². The van der Waals surface area contributed by atoms with Gasteiger partial charge in [0.25, 0.3) is 0 Å². The van der Waals surface area contributed by atoms with Crippen molar-refractivity contribution < 1.29 is 13.9 Å². The van der Waals surface area contributed by atoms with Gasteiger partial charge in [-0.25, -0.2) is 4.39 Å². The molecule has 0 aliphatic heterocycles. The van der Waals surface area contributed by atoms with E-state index in [1.165, 1.54) is 6.07 Å². The molecular formula is C21H24FN3O2. The van der Waals surface area contributed by atoms with Crippen molar-refractivity contribution in [3.05, 3.63) is 59.9 Å². The molecule has 0 fully saturated rings. The number of amides is 1. The summed E-state index contributed by atoms with van der Waals surface area (Å²) in [4.78, 5) is 16.1. The zero-order chi connectivity index (χ0) is 19.6. The predicted molar refractivity (Wildman–Crippen MR) is 103 cm³/mol. The topological polar surface area (TPSA) is 56.6 Å². The number of hydrogen-bond donors (Lipinski definition) is 0. The minimum atomic E-state index is -0.287. The summed E-state index contributed by atoms with van der Waals surface area (Å²) in [7, 11) is 1.77. The minimum absolute atomic E-state index is 0.118. The second kappa shape index (κ2) is 10.3. The number of hydrogen-bond acceptors (Lipinski definition) is 4. The van der Waals surface area contributed by atoms with E-state index in [1.807, 2.05) is 6.92 Å². The smallest absolute Gasteiger partial charge is 0.241 e. The zero-order valence-electron chi connectivity index (χ0n) is 15.7. The van der Waals surface area contributed by atoms with Crippen LogP contribution in [-0.2, 0) is 11.3 Å². The first-order valence-corrected chi connectivity index (χ1v) is 8.87. The van der Waals surface area contributed by atoms with Crippen LogP contribution in [-0.4, -0.2) is 37.6 Å². The van der Waals surface area contributed by atoms with E-state index in [4.69, 9.17) is 10.00 Å². The molecule has 0 heterocycles. The molecule has 1 amide bonds. The fraction of sp³-hybridized carbons (Fsp3) is 0.333. The Morgan fingerprint density at radius 1 is 1.19 bits per heavy atom. The second-order valence-corrected chi connectivity index (χ2v) is 6.14. The highest BCUT2D eigenvalue weighted by Gasteiger charge is 2.18. The monoisotopic (exact) mass is 369 g/mol. The zero-order valence-corrected chi connectivity index (χ0v) is 15.7. The third kappa shape index (κ3) is 6.08. The normalized spacial score (nSPS) is 10.5. The van der Waals surface area contributed by atoms with E-state index in [2.05, 4.69) is 6.07 Å². The van der Waals surface area contributed by atoms with Crippen molar-refractivity contribution in [3.63, 3.8) is 0 Å². The standard InChI is InChI=1S/C21H24FN3O2/c1-3-27-19-11-9-18(10-12-19)25(14-6-13-23)21(26)16-24(2)15-17-7-4-5-8-20(17)22/h4-5,7-12H,3,6,14-16H2,1-2H3. The molecule has 0 aliphatic carbocycles. The minimum Gasteiger partial charge on any atom is -0.494 e. The Labute approximate surface area is 159 Å². The lowest BCUT2D eigenvalue weighted by Crippen LogP contribution is -2.39. The van der Waals surface area contributed by atoms with Crippen LogP contribution < -0.4 is 9.64 Å². The molecule has 0 atom stereocenters. The summed E-state index contributed by atoms with van der Waals surface area (Å²) >= 11 is 0. The molecule has 0 unspecified atom stereocenters. The molecule has 0 aromatic heterocycles. The average Bonchev–Trinajstić information content (AvgIpc) is 2.65. The Morgan fingerprint density at radius 2 is 1.89 bits per heavy atom. The van der Waals surface area contributed by atoms with E-state index in [1.54, 1.807) is 59.3 Å². The second-order valence-electron chi connectivity index (χ2n) is 6.14. The Kier molecular flexibility index (Phi) is 7.78. The largest absolute Gasteiger partial charge is 0.494 e. The number of carbonyl (C=O) groups excluding carboxylic acids is 1. The number of benzene rings is 2. The van der Waals surface area contributed by atoms with Crippen LogP contribution in [0, 0.1) is 17.1 Å². The van der Waals surface area contributed by atoms with Gasteiger partial charge < -0.3 is 9.64 Å².